The number of benzene rings is 3. The van der Waals surface area contributed by atoms with Crippen molar-refractivity contribution in [3.05, 3.63) is 95.1 Å². The van der Waals surface area contributed by atoms with Crippen LogP contribution in [0.3, 0.4) is 0 Å². The Balaban J connectivity index is 2.12. The van der Waals surface area contributed by atoms with Crippen LogP contribution in [0.1, 0.15) is 69.3 Å². The third-order valence-corrected chi connectivity index (χ3v) is 7.08. The van der Waals surface area contributed by atoms with Crippen LogP contribution >= 0.6 is 0 Å². The molecule has 3 amide bonds. The Morgan fingerprint density at radius 2 is 1.50 bits per heavy atom. The van der Waals surface area contributed by atoms with Crippen LogP contribution in [0.4, 0.5) is 10.5 Å². The number of aromatic hydroxyl groups is 1. The fourth-order valence-corrected chi connectivity index (χ4v) is 4.81. The molecule has 3 aromatic carbocycles. The van der Waals surface area contributed by atoms with E-state index in [1.165, 1.54) is 11.0 Å². The number of phenols is 1. The van der Waals surface area contributed by atoms with Crippen molar-refractivity contribution in [2.24, 2.45) is 0 Å². The van der Waals surface area contributed by atoms with Crippen molar-refractivity contribution in [3.8, 4) is 5.75 Å². The monoisotopic (exact) mass is 573 g/mol. The Morgan fingerprint density at radius 3 is 2.07 bits per heavy atom. The number of carbonyl (C=O) groups is 3. The lowest BCUT2D eigenvalue weighted by Crippen LogP contribution is -2.55. The van der Waals surface area contributed by atoms with Gasteiger partial charge in [0, 0.05) is 23.7 Å². The van der Waals surface area contributed by atoms with Gasteiger partial charge in [-0.2, -0.15) is 0 Å². The van der Waals surface area contributed by atoms with E-state index < -0.39 is 41.6 Å². The Morgan fingerprint density at radius 1 is 0.905 bits per heavy atom. The number of anilines is 1. The highest BCUT2D eigenvalue weighted by molar-refractivity contribution is 6.00. The van der Waals surface area contributed by atoms with Gasteiger partial charge < -0.3 is 25.4 Å². The highest BCUT2D eigenvalue weighted by Crippen LogP contribution is 2.33. The molecule has 3 aromatic rings. The number of aryl methyl sites for hydroxylation is 2. The predicted molar refractivity (Wildman–Crippen MR) is 165 cm³/mol. The first kappa shape index (κ1) is 32.2. The summed E-state index contributed by atoms with van der Waals surface area (Å²) < 4.78 is 5.50. The predicted octanol–water partition coefficient (Wildman–Crippen LogP) is 6.45. The van der Waals surface area contributed by atoms with Crippen molar-refractivity contribution in [2.45, 2.75) is 85.0 Å². The van der Waals surface area contributed by atoms with Crippen molar-refractivity contribution in [2.75, 3.05) is 5.32 Å². The highest BCUT2D eigenvalue weighted by Gasteiger charge is 2.40. The van der Waals surface area contributed by atoms with Crippen LogP contribution in [-0.4, -0.2) is 45.6 Å². The van der Waals surface area contributed by atoms with Gasteiger partial charge in [0.15, 0.2) is 0 Å². The van der Waals surface area contributed by atoms with Gasteiger partial charge >= 0.3 is 6.09 Å². The van der Waals surface area contributed by atoms with Crippen LogP contribution in [0.2, 0.25) is 0 Å². The molecular weight excluding hydrogens is 530 g/mol. The van der Waals surface area contributed by atoms with E-state index in [-0.39, 0.29) is 17.7 Å². The molecule has 0 aromatic heterocycles. The summed E-state index contributed by atoms with van der Waals surface area (Å²) in [6.07, 6.45) is -0.0329. The number of rotatable bonds is 10. The van der Waals surface area contributed by atoms with Gasteiger partial charge in [0.2, 0.25) is 5.91 Å². The lowest BCUT2D eigenvalue weighted by atomic mass is 9.97. The van der Waals surface area contributed by atoms with Crippen LogP contribution in [0.5, 0.6) is 5.75 Å². The molecule has 0 saturated carbocycles. The Labute approximate surface area is 249 Å². The van der Waals surface area contributed by atoms with E-state index >= 15 is 0 Å². The topological polar surface area (TPSA) is 108 Å². The number of para-hydroxylation sites is 2. The van der Waals surface area contributed by atoms with Gasteiger partial charge in [0.25, 0.3) is 5.91 Å². The summed E-state index contributed by atoms with van der Waals surface area (Å²) in [7, 11) is 0. The van der Waals surface area contributed by atoms with Crippen LogP contribution in [0.15, 0.2) is 72.8 Å². The molecule has 224 valence electrons. The minimum atomic E-state index is -1.19. The molecule has 3 unspecified atom stereocenters. The van der Waals surface area contributed by atoms with Gasteiger partial charge in [-0.15, -0.1) is 0 Å². The molecule has 0 aliphatic carbocycles. The molecule has 0 fully saturated rings. The largest absolute Gasteiger partial charge is 0.508 e. The smallest absolute Gasteiger partial charge is 0.408 e. The third kappa shape index (κ3) is 8.35. The van der Waals surface area contributed by atoms with Crippen molar-refractivity contribution in [3.63, 3.8) is 0 Å². The Bertz CT molecular complexity index is 1360. The molecule has 0 spiro atoms. The molecular formula is C34H43N3O5. The molecule has 0 heterocycles. The van der Waals surface area contributed by atoms with Gasteiger partial charge in [0.1, 0.15) is 23.4 Å². The van der Waals surface area contributed by atoms with Crippen molar-refractivity contribution >= 4 is 23.6 Å². The zero-order valence-corrected chi connectivity index (χ0v) is 25.6. The molecule has 42 heavy (non-hydrogen) atoms. The zero-order chi connectivity index (χ0) is 31.0. The maximum Gasteiger partial charge on any atom is 0.408 e. The minimum Gasteiger partial charge on any atom is -0.508 e. The van der Waals surface area contributed by atoms with E-state index in [4.69, 9.17) is 4.74 Å². The van der Waals surface area contributed by atoms with E-state index in [1.54, 1.807) is 39.0 Å². The first-order valence-electron chi connectivity index (χ1n) is 14.3. The summed E-state index contributed by atoms with van der Waals surface area (Å²) in [5.41, 5.74) is 2.72. The molecule has 0 saturated heterocycles. The normalized spacial score (nSPS) is 13.4. The van der Waals surface area contributed by atoms with Gasteiger partial charge in [-0.1, -0.05) is 73.7 Å². The van der Waals surface area contributed by atoms with Gasteiger partial charge in [-0.3, -0.25) is 9.59 Å². The molecule has 8 nitrogen and oxygen atoms in total. The molecule has 0 radical (unpaired) electrons. The number of hydrogen-bond acceptors (Lipinski definition) is 5. The SMILES string of the molecule is CCC(C)N(C(=O)C(Cc1ccccc1)NC(=O)OC(C)(C)C)C(C(=O)Nc1c(C)cccc1C)c1ccccc1O. The lowest BCUT2D eigenvalue weighted by Gasteiger charge is -2.38. The third-order valence-electron chi connectivity index (χ3n) is 7.08. The Kier molecular flexibility index (Phi) is 10.8. The summed E-state index contributed by atoms with van der Waals surface area (Å²) in [6.45, 7) is 12.8. The summed E-state index contributed by atoms with van der Waals surface area (Å²) in [5.74, 6) is -1.05. The number of amides is 3. The number of nitrogens with one attached hydrogen (secondary N) is 2. The first-order chi connectivity index (χ1) is 19.8. The molecule has 3 atom stereocenters. The fraction of sp³-hybridized carbons (Fsp3) is 0.382. The number of carbonyl (C=O) groups excluding carboxylic acids is 3. The zero-order valence-electron chi connectivity index (χ0n) is 25.6. The van der Waals surface area contributed by atoms with E-state index in [9.17, 15) is 19.5 Å². The summed E-state index contributed by atoms with van der Waals surface area (Å²) in [6, 6.07) is 18.9. The average Bonchev–Trinajstić information content (AvgIpc) is 2.92. The standard InChI is InChI=1S/C34H43N3O5/c1-8-24(4)37(32(40)27(21-25-17-10-9-11-18-25)35-33(41)42-34(5,6)7)30(26-19-12-13-20-28(26)38)31(39)36-29-22(2)15-14-16-23(29)3/h9-20,24,27,30,38H,8,21H2,1-7H3,(H,35,41)(H,36,39). The van der Waals surface area contributed by atoms with Crippen LogP contribution in [0.25, 0.3) is 0 Å². The summed E-state index contributed by atoms with van der Waals surface area (Å²) in [4.78, 5) is 43.2. The molecule has 8 heteroatoms. The summed E-state index contributed by atoms with van der Waals surface area (Å²) in [5, 5.41) is 16.7. The molecule has 3 rings (SSSR count). The Hall–Kier alpha value is -4.33. The minimum absolute atomic E-state index is 0.111. The van der Waals surface area contributed by atoms with Crippen LogP contribution in [-0.2, 0) is 20.7 Å². The second kappa shape index (κ2) is 14.0. The fourth-order valence-electron chi connectivity index (χ4n) is 4.81. The van der Waals surface area contributed by atoms with E-state index in [2.05, 4.69) is 10.6 Å². The van der Waals surface area contributed by atoms with Crippen molar-refractivity contribution in [1.82, 2.24) is 10.2 Å². The highest BCUT2D eigenvalue weighted by atomic mass is 16.6. The second-order valence-corrected chi connectivity index (χ2v) is 11.6. The number of nitrogens with zero attached hydrogens (tertiary/aromatic N) is 1. The van der Waals surface area contributed by atoms with Crippen molar-refractivity contribution < 1.29 is 24.2 Å². The van der Waals surface area contributed by atoms with Gasteiger partial charge in [-0.05, 0) is 70.7 Å². The second-order valence-electron chi connectivity index (χ2n) is 11.6. The first-order valence-corrected chi connectivity index (χ1v) is 14.3. The van der Waals surface area contributed by atoms with Crippen LogP contribution < -0.4 is 10.6 Å². The molecule has 3 N–H and O–H groups in total. The lowest BCUT2D eigenvalue weighted by molar-refractivity contribution is -0.143. The summed E-state index contributed by atoms with van der Waals surface area (Å²) >= 11 is 0. The maximum atomic E-state index is 14.6. The van der Waals surface area contributed by atoms with Crippen LogP contribution in [0, 0.1) is 13.8 Å². The van der Waals surface area contributed by atoms with Gasteiger partial charge in [-0.25, -0.2) is 4.79 Å². The van der Waals surface area contributed by atoms with Gasteiger partial charge in [0.05, 0.1) is 0 Å². The molecule has 0 bridgehead atoms. The van der Waals surface area contributed by atoms with E-state index in [0.29, 0.717) is 12.1 Å². The van der Waals surface area contributed by atoms with Crippen molar-refractivity contribution in [1.29, 1.82) is 0 Å². The quantitative estimate of drug-likeness (QED) is 0.258. The number of alkyl carbamates (subject to hydrolysis) is 1. The molecule has 0 aliphatic heterocycles. The van der Waals surface area contributed by atoms with E-state index in [0.717, 1.165) is 16.7 Å². The maximum absolute atomic E-state index is 14.6. The number of hydrogen-bond donors (Lipinski definition) is 3. The average molecular weight is 574 g/mol. The molecule has 0 aliphatic rings. The number of ether oxygens (including phenoxy) is 1. The number of phenolic OH excluding ortho intramolecular Hbond substituents is 1. The van der Waals surface area contributed by atoms with E-state index in [1.807, 2.05) is 76.2 Å².